The molecule has 1 spiro atoms. The van der Waals surface area contributed by atoms with Gasteiger partial charge in [0.25, 0.3) is 0 Å². The maximum Gasteiger partial charge on any atom is 0.246 e. The maximum atomic E-state index is 13.7. The number of likely N-dealkylation sites (tertiary alicyclic amines) is 1. The Bertz CT molecular complexity index is 1450. The number of nitrogens with one attached hydrogen (secondary N) is 1. The smallest absolute Gasteiger partial charge is 0.246 e. The van der Waals surface area contributed by atoms with Gasteiger partial charge >= 0.3 is 0 Å². The highest BCUT2D eigenvalue weighted by Crippen LogP contribution is 2.47. The standard InChI is InChI=1S/C27H36N4O6S2.ClH/c1-26(2,28)25(33)29-22(18-39(36,37)17-20-9-5-4-6-10-20)24(32)30-15-13-27(14-16-30)19-31(38(3,34)35)23-12-8-7-11-21(23)27;/h4-12,22H,13-19,28H2,1-3H3,(H,29,33);1H. The van der Waals surface area contributed by atoms with Crippen molar-refractivity contribution in [3.8, 4) is 0 Å². The Morgan fingerprint density at radius 2 is 1.57 bits per heavy atom. The molecule has 2 aromatic rings. The minimum absolute atomic E-state index is 0. The van der Waals surface area contributed by atoms with E-state index in [1.165, 1.54) is 24.4 Å². The Labute approximate surface area is 242 Å². The number of nitrogens with zero attached hydrogens (tertiary/aromatic N) is 2. The number of sulfone groups is 1. The lowest BCUT2D eigenvalue weighted by Gasteiger charge is -2.41. The van der Waals surface area contributed by atoms with Gasteiger partial charge in [0.1, 0.15) is 6.04 Å². The predicted molar refractivity (Wildman–Crippen MR) is 158 cm³/mol. The van der Waals surface area contributed by atoms with Crippen LogP contribution in [0.3, 0.4) is 0 Å². The molecule has 0 aromatic heterocycles. The van der Waals surface area contributed by atoms with Crippen LogP contribution in [0.2, 0.25) is 0 Å². The lowest BCUT2D eigenvalue weighted by molar-refractivity contribution is -0.138. The Balaban J connectivity index is 0.00000441. The zero-order valence-corrected chi connectivity index (χ0v) is 25.3. The summed E-state index contributed by atoms with van der Waals surface area (Å²) in [6.45, 7) is 3.85. The number of para-hydroxylation sites is 1. The van der Waals surface area contributed by atoms with E-state index >= 15 is 0 Å². The lowest BCUT2D eigenvalue weighted by atomic mass is 9.74. The fourth-order valence-electron chi connectivity index (χ4n) is 5.34. The molecule has 10 nitrogen and oxygen atoms in total. The number of fused-ring (bicyclic) bond motifs is 2. The zero-order valence-electron chi connectivity index (χ0n) is 22.9. The molecule has 13 heteroatoms. The van der Waals surface area contributed by atoms with E-state index in [0.717, 1.165) is 5.56 Å². The number of hydrogen-bond acceptors (Lipinski definition) is 7. The van der Waals surface area contributed by atoms with E-state index in [9.17, 15) is 26.4 Å². The van der Waals surface area contributed by atoms with Gasteiger partial charge in [-0.25, -0.2) is 16.8 Å². The minimum atomic E-state index is -3.77. The summed E-state index contributed by atoms with van der Waals surface area (Å²) >= 11 is 0. The van der Waals surface area contributed by atoms with Crippen LogP contribution in [0.4, 0.5) is 5.69 Å². The zero-order chi connectivity index (χ0) is 28.6. The largest absolute Gasteiger partial charge is 0.342 e. The number of amides is 2. The second-order valence-corrected chi connectivity index (χ2v) is 15.2. The van der Waals surface area contributed by atoms with Gasteiger partial charge in [-0.1, -0.05) is 48.5 Å². The van der Waals surface area contributed by atoms with Gasteiger partial charge in [0.05, 0.1) is 29.0 Å². The molecule has 0 bridgehead atoms. The summed E-state index contributed by atoms with van der Waals surface area (Å²) in [6.07, 6.45) is 2.19. The lowest BCUT2D eigenvalue weighted by Crippen LogP contribution is -2.59. The number of benzene rings is 2. The van der Waals surface area contributed by atoms with E-state index < -0.39 is 54.4 Å². The van der Waals surface area contributed by atoms with Crippen LogP contribution in [0.1, 0.15) is 37.8 Å². The Morgan fingerprint density at radius 1 is 1.00 bits per heavy atom. The summed E-state index contributed by atoms with van der Waals surface area (Å²) in [5, 5.41) is 2.58. The number of nitrogens with two attached hydrogens (primary N) is 1. The molecule has 4 rings (SSSR count). The summed E-state index contributed by atoms with van der Waals surface area (Å²) in [7, 11) is -7.25. The van der Waals surface area contributed by atoms with E-state index in [4.69, 9.17) is 5.73 Å². The third-order valence-electron chi connectivity index (χ3n) is 7.46. The van der Waals surface area contributed by atoms with Crippen molar-refractivity contribution >= 4 is 49.8 Å². The summed E-state index contributed by atoms with van der Waals surface area (Å²) in [4.78, 5) is 27.9. The van der Waals surface area contributed by atoms with Crippen LogP contribution in [-0.2, 0) is 40.6 Å². The molecule has 220 valence electrons. The molecule has 2 heterocycles. The van der Waals surface area contributed by atoms with E-state index in [0.29, 0.717) is 43.7 Å². The molecule has 0 radical (unpaired) electrons. The van der Waals surface area contributed by atoms with Crippen LogP contribution < -0.4 is 15.4 Å². The van der Waals surface area contributed by atoms with Crippen LogP contribution in [0.5, 0.6) is 0 Å². The number of halogens is 1. The molecule has 1 saturated heterocycles. The molecule has 0 aliphatic carbocycles. The minimum Gasteiger partial charge on any atom is -0.342 e. The van der Waals surface area contributed by atoms with Crippen LogP contribution >= 0.6 is 12.4 Å². The van der Waals surface area contributed by atoms with Crippen molar-refractivity contribution < 1.29 is 26.4 Å². The van der Waals surface area contributed by atoms with Crippen molar-refractivity contribution in [1.82, 2.24) is 10.2 Å². The van der Waals surface area contributed by atoms with Gasteiger partial charge in [0.2, 0.25) is 21.8 Å². The van der Waals surface area contributed by atoms with E-state index in [1.54, 1.807) is 47.4 Å². The topological polar surface area (TPSA) is 147 Å². The first-order valence-electron chi connectivity index (χ1n) is 12.8. The van der Waals surface area contributed by atoms with Crippen molar-refractivity contribution in [3.05, 3.63) is 65.7 Å². The first kappa shape index (κ1) is 31.9. The summed E-state index contributed by atoms with van der Waals surface area (Å²) < 4.78 is 52.6. The van der Waals surface area contributed by atoms with Crippen LogP contribution in [0, 0.1) is 0 Å². The van der Waals surface area contributed by atoms with Crippen molar-refractivity contribution in [2.45, 2.75) is 49.4 Å². The van der Waals surface area contributed by atoms with Gasteiger partial charge in [-0.2, -0.15) is 0 Å². The van der Waals surface area contributed by atoms with Gasteiger partial charge < -0.3 is 16.0 Å². The molecule has 3 N–H and O–H groups in total. The molecular formula is C27H37ClN4O6S2. The van der Waals surface area contributed by atoms with Gasteiger partial charge in [-0.05, 0) is 43.9 Å². The number of piperidine rings is 1. The number of carbonyl (C=O) groups is 2. The summed E-state index contributed by atoms with van der Waals surface area (Å²) in [6, 6.07) is 14.8. The number of sulfonamides is 1. The Hall–Kier alpha value is -2.67. The van der Waals surface area contributed by atoms with Crippen molar-refractivity contribution in [2.24, 2.45) is 5.73 Å². The first-order chi connectivity index (χ1) is 18.1. The Kier molecular flexibility index (Phi) is 9.29. The van der Waals surface area contributed by atoms with E-state index in [1.807, 2.05) is 12.1 Å². The summed E-state index contributed by atoms with van der Waals surface area (Å²) in [5.74, 6) is -1.95. The highest BCUT2D eigenvalue weighted by Gasteiger charge is 2.48. The molecule has 40 heavy (non-hydrogen) atoms. The number of carbonyl (C=O) groups excluding carboxylic acids is 2. The molecular weight excluding hydrogens is 576 g/mol. The highest BCUT2D eigenvalue weighted by molar-refractivity contribution is 7.92. The quantitative estimate of drug-likeness (QED) is 0.460. The van der Waals surface area contributed by atoms with E-state index in [-0.39, 0.29) is 18.2 Å². The second-order valence-electron chi connectivity index (χ2n) is 11.2. The monoisotopic (exact) mass is 612 g/mol. The molecule has 2 aromatic carbocycles. The number of rotatable bonds is 8. The van der Waals surface area contributed by atoms with Crippen LogP contribution in [0.25, 0.3) is 0 Å². The van der Waals surface area contributed by atoms with E-state index in [2.05, 4.69) is 5.32 Å². The average molecular weight is 613 g/mol. The fraction of sp³-hybridized carbons (Fsp3) is 0.481. The third-order valence-corrected chi connectivity index (χ3v) is 10.2. The molecule has 1 fully saturated rings. The molecule has 2 amide bonds. The first-order valence-corrected chi connectivity index (χ1v) is 16.5. The van der Waals surface area contributed by atoms with Gasteiger partial charge in [0, 0.05) is 25.0 Å². The normalized spacial score (nSPS) is 17.6. The van der Waals surface area contributed by atoms with Crippen molar-refractivity contribution in [2.75, 3.05) is 35.9 Å². The predicted octanol–water partition coefficient (Wildman–Crippen LogP) is 1.59. The molecule has 0 saturated carbocycles. The summed E-state index contributed by atoms with van der Waals surface area (Å²) in [5.41, 5.74) is 6.34. The fourth-order valence-corrected chi connectivity index (χ4v) is 7.89. The van der Waals surface area contributed by atoms with Crippen molar-refractivity contribution in [3.63, 3.8) is 0 Å². The van der Waals surface area contributed by atoms with Gasteiger partial charge in [-0.3, -0.25) is 13.9 Å². The molecule has 2 aliphatic rings. The second kappa shape index (κ2) is 11.7. The average Bonchev–Trinajstić information content (AvgIpc) is 3.18. The number of anilines is 1. The number of hydrogen-bond donors (Lipinski definition) is 2. The third kappa shape index (κ3) is 6.96. The molecule has 1 unspecified atom stereocenters. The van der Waals surface area contributed by atoms with Crippen molar-refractivity contribution in [1.29, 1.82) is 0 Å². The van der Waals surface area contributed by atoms with Gasteiger partial charge in [-0.15, -0.1) is 12.4 Å². The van der Waals surface area contributed by atoms with Gasteiger partial charge in [0.15, 0.2) is 9.84 Å². The highest BCUT2D eigenvalue weighted by atomic mass is 35.5. The van der Waals surface area contributed by atoms with Crippen LogP contribution in [-0.4, -0.2) is 76.8 Å². The molecule has 1 atom stereocenters. The maximum absolute atomic E-state index is 13.7. The Morgan fingerprint density at radius 3 is 2.15 bits per heavy atom. The van der Waals surface area contributed by atoms with Crippen LogP contribution in [0.15, 0.2) is 54.6 Å². The molecule has 2 aliphatic heterocycles. The SMILES string of the molecule is CC(C)(N)C(=O)NC(CS(=O)(=O)Cc1ccccc1)C(=O)N1CCC2(CC1)CN(S(C)(=O)=O)c1ccccc12.Cl.